The molecule has 31 heavy (non-hydrogen) atoms. The molecular formula is C23H28BrN3O4. The molecule has 0 saturated carbocycles. The van der Waals surface area contributed by atoms with Gasteiger partial charge in [0, 0.05) is 23.1 Å². The van der Waals surface area contributed by atoms with E-state index in [4.69, 9.17) is 4.74 Å². The van der Waals surface area contributed by atoms with Gasteiger partial charge in [-0.3, -0.25) is 9.59 Å². The van der Waals surface area contributed by atoms with E-state index >= 15 is 0 Å². The van der Waals surface area contributed by atoms with E-state index in [1.807, 2.05) is 36.4 Å². The van der Waals surface area contributed by atoms with Crippen LogP contribution in [0, 0.1) is 0 Å². The van der Waals surface area contributed by atoms with Crippen molar-refractivity contribution in [2.45, 2.75) is 45.8 Å². The maximum atomic E-state index is 12.3. The Hall–Kier alpha value is -2.87. The average Bonchev–Trinajstić information content (AvgIpc) is 2.69. The zero-order chi connectivity index (χ0) is 22.9. The molecule has 3 N–H and O–H groups in total. The van der Waals surface area contributed by atoms with Gasteiger partial charge in [-0.05, 0) is 56.5 Å². The van der Waals surface area contributed by atoms with Gasteiger partial charge >= 0.3 is 6.09 Å². The number of hydrogen-bond donors (Lipinski definition) is 3. The third-order valence-corrected chi connectivity index (χ3v) is 4.85. The Bertz CT molecular complexity index is 925. The normalized spacial score (nSPS) is 10.8. The smallest absolute Gasteiger partial charge is 0.408 e. The summed E-state index contributed by atoms with van der Waals surface area (Å²) in [5.74, 6) is -0.424. The number of benzene rings is 2. The number of ether oxygens (including phenoxy) is 1. The Morgan fingerprint density at radius 2 is 1.71 bits per heavy atom. The highest BCUT2D eigenvalue weighted by molar-refractivity contribution is 9.10. The molecule has 8 heteroatoms. The lowest BCUT2D eigenvalue weighted by Crippen LogP contribution is -2.39. The maximum Gasteiger partial charge on any atom is 0.408 e. The molecule has 0 aliphatic rings. The van der Waals surface area contributed by atoms with Crippen LogP contribution in [0.25, 0.3) is 0 Å². The van der Waals surface area contributed by atoms with Crippen molar-refractivity contribution in [2.75, 3.05) is 11.9 Å². The lowest BCUT2D eigenvalue weighted by Gasteiger charge is -2.19. The van der Waals surface area contributed by atoms with Gasteiger partial charge in [0.15, 0.2) is 0 Å². The molecule has 0 spiro atoms. The lowest BCUT2D eigenvalue weighted by atomic mass is 10.1. The summed E-state index contributed by atoms with van der Waals surface area (Å²) in [6.07, 6.45) is 0.350. The zero-order valence-corrected chi connectivity index (χ0v) is 19.5. The molecule has 3 amide bonds. The van der Waals surface area contributed by atoms with Gasteiger partial charge in [-0.1, -0.05) is 46.3 Å². The third kappa shape index (κ3) is 9.65. The minimum absolute atomic E-state index is 0.0847. The number of nitrogens with one attached hydrogen (secondary N) is 3. The highest BCUT2D eigenvalue weighted by Crippen LogP contribution is 2.18. The Morgan fingerprint density at radius 3 is 2.42 bits per heavy atom. The number of aryl methyl sites for hydroxylation is 1. The summed E-state index contributed by atoms with van der Waals surface area (Å²) >= 11 is 3.49. The molecule has 0 fully saturated rings. The summed E-state index contributed by atoms with van der Waals surface area (Å²) in [5, 5.41) is 8.02. The van der Waals surface area contributed by atoms with E-state index < -0.39 is 11.7 Å². The quantitative estimate of drug-likeness (QED) is 0.518. The van der Waals surface area contributed by atoms with Crippen LogP contribution < -0.4 is 16.0 Å². The van der Waals surface area contributed by atoms with Crippen LogP contribution in [0.3, 0.4) is 0 Å². The van der Waals surface area contributed by atoms with E-state index in [1.54, 1.807) is 32.9 Å². The number of anilines is 1. The van der Waals surface area contributed by atoms with E-state index in [0.29, 0.717) is 18.5 Å². The van der Waals surface area contributed by atoms with Crippen molar-refractivity contribution >= 4 is 39.5 Å². The Balaban J connectivity index is 1.77. The molecule has 0 radical (unpaired) electrons. The molecule has 0 unspecified atom stereocenters. The Morgan fingerprint density at radius 1 is 0.968 bits per heavy atom. The van der Waals surface area contributed by atoms with Crippen LogP contribution in [0.15, 0.2) is 53.0 Å². The molecule has 7 nitrogen and oxygen atoms in total. The van der Waals surface area contributed by atoms with Crippen molar-refractivity contribution in [3.63, 3.8) is 0 Å². The second-order valence-corrected chi connectivity index (χ2v) is 8.83. The lowest BCUT2D eigenvalue weighted by molar-refractivity contribution is -0.120. The van der Waals surface area contributed by atoms with Crippen LogP contribution in [0.4, 0.5) is 10.5 Å². The number of hydrogen-bond acceptors (Lipinski definition) is 4. The molecule has 2 rings (SSSR count). The molecule has 2 aromatic carbocycles. The SMILES string of the molecule is CC(C)(C)OC(=O)NCC(=O)NCc1cccc(NC(=O)CCc2ccccc2Br)c1. The number of rotatable bonds is 8. The fourth-order valence-corrected chi connectivity index (χ4v) is 3.14. The topological polar surface area (TPSA) is 96.5 Å². The standard InChI is InChI=1S/C23H28BrN3O4/c1-23(2,3)31-22(30)26-15-21(29)25-14-16-7-6-9-18(13-16)27-20(28)12-11-17-8-4-5-10-19(17)24/h4-10,13H,11-12,14-15H2,1-3H3,(H,25,29)(H,26,30)(H,27,28). The van der Waals surface area contributed by atoms with Crippen LogP contribution >= 0.6 is 15.9 Å². The summed E-state index contributed by atoms with van der Waals surface area (Å²) in [7, 11) is 0. The second-order valence-electron chi connectivity index (χ2n) is 7.97. The van der Waals surface area contributed by atoms with Gasteiger partial charge in [-0.2, -0.15) is 0 Å². The Labute approximate surface area is 191 Å². The largest absolute Gasteiger partial charge is 0.444 e. The Kier molecular flexibility index (Phi) is 9.05. The summed E-state index contributed by atoms with van der Waals surface area (Å²) in [6, 6.07) is 15.1. The van der Waals surface area contributed by atoms with Gasteiger partial charge in [0.25, 0.3) is 0 Å². The highest BCUT2D eigenvalue weighted by Gasteiger charge is 2.16. The van der Waals surface area contributed by atoms with Crippen molar-refractivity contribution in [1.82, 2.24) is 10.6 Å². The maximum absolute atomic E-state index is 12.3. The van der Waals surface area contributed by atoms with Gasteiger partial charge in [0.1, 0.15) is 12.1 Å². The molecule has 0 aromatic heterocycles. The zero-order valence-electron chi connectivity index (χ0n) is 18.0. The minimum atomic E-state index is -0.644. The van der Waals surface area contributed by atoms with Crippen molar-refractivity contribution in [1.29, 1.82) is 0 Å². The fourth-order valence-electron chi connectivity index (χ4n) is 2.66. The summed E-state index contributed by atoms with van der Waals surface area (Å²) in [4.78, 5) is 35.8. The summed E-state index contributed by atoms with van der Waals surface area (Å²) < 4.78 is 6.07. The fraction of sp³-hybridized carbons (Fsp3) is 0.348. The first-order valence-corrected chi connectivity index (χ1v) is 10.8. The van der Waals surface area contributed by atoms with Crippen molar-refractivity contribution in [3.05, 3.63) is 64.1 Å². The predicted molar refractivity (Wildman–Crippen MR) is 124 cm³/mol. The molecule has 0 saturated heterocycles. The molecule has 0 aliphatic heterocycles. The molecule has 0 bridgehead atoms. The van der Waals surface area contributed by atoms with E-state index in [0.717, 1.165) is 15.6 Å². The van der Waals surface area contributed by atoms with Crippen molar-refractivity contribution in [3.8, 4) is 0 Å². The number of carbonyl (C=O) groups is 3. The second kappa shape index (κ2) is 11.5. The number of halogens is 1. The average molecular weight is 490 g/mol. The monoisotopic (exact) mass is 489 g/mol. The van der Waals surface area contributed by atoms with Crippen LogP contribution in [0.5, 0.6) is 0 Å². The molecule has 166 valence electrons. The van der Waals surface area contributed by atoms with Crippen molar-refractivity contribution < 1.29 is 19.1 Å². The molecular weight excluding hydrogens is 462 g/mol. The first kappa shape index (κ1) is 24.4. The van der Waals surface area contributed by atoms with Crippen LogP contribution in [-0.4, -0.2) is 30.1 Å². The number of carbonyl (C=O) groups excluding carboxylic acids is 3. The number of alkyl carbamates (subject to hydrolysis) is 1. The minimum Gasteiger partial charge on any atom is -0.444 e. The van der Waals surface area contributed by atoms with Crippen LogP contribution in [-0.2, 0) is 27.3 Å². The summed E-state index contributed by atoms with van der Waals surface area (Å²) in [6.45, 7) is 5.34. The molecule has 2 aromatic rings. The van der Waals surface area contributed by atoms with E-state index in [1.165, 1.54) is 0 Å². The van der Waals surface area contributed by atoms with Crippen LogP contribution in [0.1, 0.15) is 38.3 Å². The van der Waals surface area contributed by atoms with Crippen molar-refractivity contribution in [2.24, 2.45) is 0 Å². The predicted octanol–water partition coefficient (Wildman–Crippen LogP) is 4.16. The van der Waals surface area contributed by atoms with Gasteiger partial charge in [0.2, 0.25) is 11.8 Å². The van der Waals surface area contributed by atoms with Gasteiger partial charge in [-0.25, -0.2) is 4.79 Å². The molecule has 0 atom stereocenters. The third-order valence-electron chi connectivity index (χ3n) is 4.07. The first-order valence-electron chi connectivity index (χ1n) is 9.98. The van der Waals surface area contributed by atoms with Gasteiger partial charge in [-0.15, -0.1) is 0 Å². The summed E-state index contributed by atoms with van der Waals surface area (Å²) in [5.41, 5.74) is 1.95. The molecule has 0 heterocycles. The first-order chi connectivity index (χ1) is 14.6. The van der Waals surface area contributed by atoms with Crippen LogP contribution in [0.2, 0.25) is 0 Å². The number of amides is 3. The highest BCUT2D eigenvalue weighted by atomic mass is 79.9. The van der Waals surface area contributed by atoms with Gasteiger partial charge < -0.3 is 20.7 Å². The van der Waals surface area contributed by atoms with Gasteiger partial charge in [0.05, 0.1) is 0 Å². The van der Waals surface area contributed by atoms with E-state index in [9.17, 15) is 14.4 Å². The molecule has 0 aliphatic carbocycles. The van der Waals surface area contributed by atoms with E-state index in [-0.39, 0.29) is 24.9 Å². The van der Waals surface area contributed by atoms with E-state index in [2.05, 4.69) is 31.9 Å².